The van der Waals surface area contributed by atoms with Crippen LogP contribution in [0.15, 0.2) is 30.9 Å². The van der Waals surface area contributed by atoms with Crippen LogP contribution in [0.2, 0.25) is 0 Å². The van der Waals surface area contributed by atoms with Crippen LogP contribution in [0.25, 0.3) is 0 Å². The summed E-state index contributed by atoms with van der Waals surface area (Å²) in [6, 6.07) is 6.20. The molecule has 0 spiro atoms. The molecule has 0 aliphatic heterocycles. The third-order valence-corrected chi connectivity index (χ3v) is 2.99. The summed E-state index contributed by atoms with van der Waals surface area (Å²) in [5.74, 6) is 0.445. The Kier molecular flexibility index (Phi) is 3.07. The molecule has 80 valence electrons. The summed E-state index contributed by atoms with van der Waals surface area (Å²) < 4.78 is 0. The fourth-order valence-electron chi connectivity index (χ4n) is 2.21. The van der Waals surface area contributed by atoms with E-state index in [1.165, 1.54) is 5.56 Å². The van der Waals surface area contributed by atoms with E-state index in [9.17, 15) is 5.11 Å². The summed E-state index contributed by atoms with van der Waals surface area (Å²) in [4.78, 5) is 0. The van der Waals surface area contributed by atoms with Crippen molar-refractivity contribution in [2.24, 2.45) is 0 Å². The molecule has 2 rings (SSSR count). The van der Waals surface area contributed by atoms with Crippen molar-refractivity contribution in [2.45, 2.75) is 25.3 Å². The lowest BCUT2D eigenvalue weighted by Crippen LogP contribution is -2.19. The van der Waals surface area contributed by atoms with Crippen LogP contribution in [-0.2, 0) is 6.42 Å². The smallest absolute Gasteiger partial charge is 0.119 e. The third-order valence-electron chi connectivity index (χ3n) is 2.99. The summed E-state index contributed by atoms with van der Waals surface area (Å²) in [7, 11) is 0. The van der Waals surface area contributed by atoms with Crippen LogP contribution in [0.3, 0.4) is 0 Å². The van der Waals surface area contributed by atoms with E-state index in [1.807, 2.05) is 12.1 Å². The van der Waals surface area contributed by atoms with Gasteiger partial charge in [-0.2, -0.15) is 0 Å². The van der Waals surface area contributed by atoms with E-state index in [0.717, 1.165) is 31.4 Å². The Balaban J connectivity index is 2.08. The van der Waals surface area contributed by atoms with E-state index in [0.29, 0.717) is 11.8 Å². The Labute approximate surface area is 90.6 Å². The van der Waals surface area contributed by atoms with Gasteiger partial charge in [0.15, 0.2) is 0 Å². The molecular weight excluding hydrogens is 186 g/mol. The zero-order valence-electron chi connectivity index (χ0n) is 8.87. The van der Waals surface area contributed by atoms with E-state index >= 15 is 0 Å². The van der Waals surface area contributed by atoms with Crippen molar-refractivity contribution >= 4 is 0 Å². The first-order valence-corrected chi connectivity index (χ1v) is 5.48. The monoisotopic (exact) mass is 203 g/mol. The standard InChI is InChI=1S/C13H17NO/c1-2-3-9-14-12-8-7-11-10(12)5-4-6-13(11)15/h2,4-6,12,14-15H,1,3,7-9H2. The van der Waals surface area contributed by atoms with Gasteiger partial charge in [-0.3, -0.25) is 0 Å². The minimum atomic E-state index is 0.409. The molecule has 0 saturated heterocycles. The Hall–Kier alpha value is -1.28. The molecule has 15 heavy (non-hydrogen) atoms. The second-order valence-electron chi connectivity index (χ2n) is 3.97. The summed E-state index contributed by atoms with van der Waals surface area (Å²) in [5, 5.41) is 13.2. The second kappa shape index (κ2) is 4.49. The van der Waals surface area contributed by atoms with Gasteiger partial charge in [0.2, 0.25) is 0 Å². The Morgan fingerprint density at radius 1 is 1.53 bits per heavy atom. The topological polar surface area (TPSA) is 32.3 Å². The third kappa shape index (κ3) is 2.05. The van der Waals surface area contributed by atoms with Crippen LogP contribution in [0.1, 0.15) is 30.0 Å². The highest BCUT2D eigenvalue weighted by Gasteiger charge is 2.23. The number of aromatic hydroxyl groups is 1. The molecule has 0 heterocycles. The number of fused-ring (bicyclic) bond motifs is 1. The molecule has 1 aliphatic carbocycles. The molecule has 1 aliphatic rings. The maximum absolute atomic E-state index is 9.68. The summed E-state index contributed by atoms with van der Waals surface area (Å²) in [5.41, 5.74) is 2.38. The van der Waals surface area contributed by atoms with Crippen molar-refractivity contribution < 1.29 is 5.11 Å². The van der Waals surface area contributed by atoms with Gasteiger partial charge in [0.25, 0.3) is 0 Å². The lowest BCUT2D eigenvalue weighted by Gasteiger charge is -2.13. The quantitative estimate of drug-likeness (QED) is 0.582. The molecule has 2 heteroatoms. The minimum absolute atomic E-state index is 0.409. The number of nitrogens with one attached hydrogen (secondary N) is 1. The van der Waals surface area contributed by atoms with Gasteiger partial charge in [-0.1, -0.05) is 18.2 Å². The molecule has 0 saturated carbocycles. The van der Waals surface area contributed by atoms with Crippen LogP contribution in [0.5, 0.6) is 5.75 Å². The minimum Gasteiger partial charge on any atom is -0.508 e. The van der Waals surface area contributed by atoms with E-state index in [4.69, 9.17) is 0 Å². The molecule has 0 aromatic heterocycles. The normalized spacial score (nSPS) is 18.8. The van der Waals surface area contributed by atoms with Crippen LogP contribution in [0.4, 0.5) is 0 Å². The number of benzene rings is 1. The predicted octanol–water partition coefficient (Wildman–Crippen LogP) is 2.55. The molecule has 0 bridgehead atoms. The highest BCUT2D eigenvalue weighted by molar-refractivity contribution is 5.44. The first kappa shape index (κ1) is 10.2. The van der Waals surface area contributed by atoms with Crippen LogP contribution >= 0.6 is 0 Å². The molecular formula is C13H17NO. The van der Waals surface area contributed by atoms with Gasteiger partial charge in [0, 0.05) is 6.04 Å². The molecule has 0 radical (unpaired) electrons. The fourth-order valence-corrected chi connectivity index (χ4v) is 2.21. The number of phenolic OH excluding ortho intramolecular Hbond substituents is 1. The maximum atomic E-state index is 9.68. The predicted molar refractivity (Wildman–Crippen MR) is 62.0 cm³/mol. The van der Waals surface area contributed by atoms with Crippen LogP contribution < -0.4 is 5.32 Å². The number of rotatable bonds is 4. The van der Waals surface area contributed by atoms with Gasteiger partial charge in [-0.15, -0.1) is 6.58 Å². The van der Waals surface area contributed by atoms with E-state index < -0.39 is 0 Å². The molecule has 2 nitrogen and oxygen atoms in total. The number of phenols is 1. The van der Waals surface area contributed by atoms with Crippen LogP contribution in [-0.4, -0.2) is 11.7 Å². The number of hydrogen-bond donors (Lipinski definition) is 2. The zero-order valence-corrected chi connectivity index (χ0v) is 8.87. The summed E-state index contributed by atoms with van der Waals surface area (Å²) in [6.45, 7) is 4.66. The van der Waals surface area contributed by atoms with Gasteiger partial charge in [0.1, 0.15) is 5.75 Å². The molecule has 1 atom stereocenters. The van der Waals surface area contributed by atoms with Crippen molar-refractivity contribution in [1.82, 2.24) is 5.32 Å². The molecule has 2 N–H and O–H groups in total. The molecule has 1 unspecified atom stereocenters. The molecule has 1 aromatic carbocycles. The Morgan fingerprint density at radius 2 is 2.40 bits per heavy atom. The largest absolute Gasteiger partial charge is 0.508 e. The van der Waals surface area contributed by atoms with Gasteiger partial charge < -0.3 is 10.4 Å². The number of hydrogen-bond acceptors (Lipinski definition) is 2. The summed E-state index contributed by atoms with van der Waals surface area (Å²) in [6.07, 6.45) is 4.98. The van der Waals surface area contributed by atoms with Crippen molar-refractivity contribution in [1.29, 1.82) is 0 Å². The van der Waals surface area contributed by atoms with Crippen molar-refractivity contribution in [3.8, 4) is 5.75 Å². The first-order valence-electron chi connectivity index (χ1n) is 5.48. The average Bonchev–Trinajstić information content (AvgIpc) is 2.64. The summed E-state index contributed by atoms with van der Waals surface area (Å²) >= 11 is 0. The fraction of sp³-hybridized carbons (Fsp3) is 0.385. The molecule has 1 aromatic rings. The van der Waals surface area contributed by atoms with E-state index in [-0.39, 0.29) is 0 Å². The highest BCUT2D eigenvalue weighted by Crippen LogP contribution is 2.35. The Morgan fingerprint density at radius 3 is 3.20 bits per heavy atom. The highest BCUT2D eigenvalue weighted by atomic mass is 16.3. The molecule has 0 fully saturated rings. The first-order chi connectivity index (χ1) is 7.33. The van der Waals surface area contributed by atoms with Gasteiger partial charge in [-0.05, 0) is 43.0 Å². The van der Waals surface area contributed by atoms with Crippen molar-refractivity contribution in [3.05, 3.63) is 42.0 Å². The van der Waals surface area contributed by atoms with Crippen molar-refractivity contribution in [3.63, 3.8) is 0 Å². The second-order valence-corrected chi connectivity index (χ2v) is 3.97. The average molecular weight is 203 g/mol. The SMILES string of the molecule is C=CCCNC1CCc2c(O)cccc21. The van der Waals surface area contributed by atoms with Crippen LogP contribution in [0, 0.1) is 0 Å². The lowest BCUT2D eigenvalue weighted by molar-refractivity contribution is 0.469. The lowest BCUT2D eigenvalue weighted by atomic mass is 10.1. The van der Waals surface area contributed by atoms with Gasteiger partial charge >= 0.3 is 0 Å². The van der Waals surface area contributed by atoms with Gasteiger partial charge in [-0.25, -0.2) is 0 Å². The van der Waals surface area contributed by atoms with E-state index in [1.54, 1.807) is 6.07 Å². The van der Waals surface area contributed by atoms with Crippen molar-refractivity contribution in [2.75, 3.05) is 6.54 Å². The van der Waals surface area contributed by atoms with Gasteiger partial charge in [0.05, 0.1) is 0 Å². The van der Waals surface area contributed by atoms with E-state index in [2.05, 4.69) is 18.0 Å². The zero-order chi connectivity index (χ0) is 10.7. The Bertz CT molecular complexity index is 360. The maximum Gasteiger partial charge on any atom is 0.119 e. The molecule has 0 amide bonds.